The van der Waals surface area contributed by atoms with E-state index in [1.807, 2.05) is 32.9 Å². The Hall–Kier alpha value is -1.06. The molecule has 1 aliphatic rings. The molecule has 1 fully saturated rings. The summed E-state index contributed by atoms with van der Waals surface area (Å²) in [5.41, 5.74) is 3.94. The highest BCUT2D eigenvalue weighted by Gasteiger charge is 2.30. The zero-order chi connectivity index (χ0) is 12.1. The van der Waals surface area contributed by atoms with Crippen LogP contribution in [-0.4, -0.2) is 20.3 Å². The zero-order valence-corrected chi connectivity index (χ0v) is 10.4. The molecule has 3 heteroatoms. The third kappa shape index (κ3) is 2.74. The average Bonchev–Trinajstić information content (AvgIpc) is 2.81. The number of allylic oxidation sites excluding steroid dienone is 6. The lowest BCUT2D eigenvalue weighted by molar-refractivity contribution is 0.365. The van der Waals surface area contributed by atoms with Crippen molar-refractivity contribution in [2.75, 3.05) is 13.2 Å². The van der Waals surface area contributed by atoms with E-state index in [0.717, 1.165) is 22.2 Å². The van der Waals surface area contributed by atoms with E-state index in [4.69, 9.17) is 9.31 Å². The van der Waals surface area contributed by atoms with Crippen LogP contribution in [0, 0.1) is 0 Å². The van der Waals surface area contributed by atoms with Gasteiger partial charge in [-0.3, -0.25) is 0 Å². The van der Waals surface area contributed by atoms with Crippen LogP contribution in [0.4, 0.5) is 0 Å². The monoisotopic (exact) mass is 218 g/mol. The highest BCUT2D eigenvalue weighted by Crippen LogP contribution is 2.26. The SMILES string of the molecule is C=C(C(=C)C(=CC)B1OCCO1)C(C)=CC. The lowest BCUT2D eigenvalue weighted by atomic mass is 9.71. The molecule has 0 aromatic rings. The van der Waals surface area contributed by atoms with Crippen molar-refractivity contribution in [2.24, 2.45) is 0 Å². The zero-order valence-electron chi connectivity index (χ0n) is 10.4. The molecule has 0 saturated carbocycles. The molecule has 0 amide bonds. The summed E-state index contributed by atoms with van der Waals surface area (Å²) in [7, 11) is -0.279. The minimum Gasteiger partial charge on any atom is -0.405 e. The molecular formula is C13H19BO2. The van der Waals surface area contributed by atoms with Crippen LogP contribution in [0.5, 0.6) is 0 Å². The molecule has 1 heterocycles. The molecule has 0 aromatic carbocycles. The van der Waals surface area contributed by atoms with Crippen LogP contribution in [0.15, 0.2) is 47.5 Å². The summed E-state index contributed by atoms with van der Waals surface area (Å²) in [6, 6.07) is 0. The molecule has 0 aromatic heterocycles. The van der Waals surface area contributed by atoms with Gasteiger partial charge in [0.2, 0.25) is 0 Å². The first-order chi connectivity index (χ1) is 7.61. The molecule has 2 nitrogen and oxygen atoms in total. The van der Waals surface area contributed by atoms with Crippen LogP contribution < -0.4 is 0 Å². The Balaban J connectivity index is 2.82. The van der Waals surface area contributed by atoms with Crippen LogP contribution in [0.1, 0.15) is 20.8 Å². The van der Waals surface area contributed by atoms with E-state index in [0.29, 0.717) is 13.2 Å². The minimum atomic E-state index is -0.279. The lowest BCUT2D eigenvalue weighted by Crippen LogP contribution is -2.20. The lowest BCUT2D eigenvalue weighted by Gasteiger charge is -2.15. The van der Waals surface area contributed by atoms with Gasteiger partial charge in [-0.25, -0.2) is 0 Å². The van der Waals surface area contributed by atoms with Gasteiger partial charge in [0, 0.05) is 0 Å². The smallest absolute Gasteiger partial charge is 0.405 e. The molecule has 16 heavy (non-hydrogen) atoms. The van der Waals surface area contributed by atoms with Crippen LogP contribution in [0.2, 0.25) is 0 Å². The third-order valence-electron chi connectivity index (χ3n) is 2.81. The number of rotatable bonds is 4. The predicted molar refractivity (Wildman–Crippen MR) is 69.1 cm³/mol. The largest absolute Gasteiger partial charge is 0.494 e. The molecule has 0 aliphatic carbocycles. The van der Waals surface area contributed by atoms with Crippen molar-refractivity contribution in [1.82, 2.24) is 0 Å². The summed E-state index contributed by atoms with van der Waals surface area (Å²) in [5, 5.41) is 0. The van der Waals surface area contributed by atoms with Gasteiger partial charge < -0.3 is 9.31 Å². The summed E-state index contributed by atoms with van der Waals surface area (Å²) in [6.07, 6.45) is 4.00. The fraction of sp³-hybridized carbons (Fsp3) is 0.385. The van der Waals surface area contributed by atoms with Crippen molar-refractivity contribution in [1.29, 1.82) is 0 Å². The van der Waals surface area contributed by atoms with Gasteiger partial charge in [-0.05, 0) is 43.0 Å². The molecule has 1 aliphatic heterocycles. The van der Waals surface area contributed by atoms with Gasteiger partial charge in [-0.1, -0.05) is 25.3 Å². The van der Waals surface area contributed by atoms with E-state index < -0.39 is 0 Å². The van der Waals surface area contributed by atoms with E-state index in [1.165, 1.54) is 0 Å². The van der Waals surface area contributed by atoms with E-state index in [-0.39, 0.29) is 7.12 Å². The maximum Gasteiger partial charge on any atom is 0.494 e. The third-order valence-corrected chi connectivity index (χ3v) is 2.81. The van der Waals surface area contributed by atoms with Crippen molar-refractivity contribution < 1.29 is 9.31 Å². The average molecular weight is 218 g/mol. The summed E-state index contributed by atoms with van der Waals surface area (Å²) in [5.74, 6) is 0. The van der Waals surface area contributed by atoms with Crippen molar-refractivity contribution in [3.8, 4) is 0 Å². The predicted octanol–water partition coefficient (Wildman–Crippen LogP) is 3.09. The topological polar surface area (TPSA) is 18.5 Å². The summed E-state index contributed by atoms with van der Waals surface area (Å²) < 4.78 is 11.0. The van der Waals surface area contributed by atoms with Gasteiger partial charge in [0.25, 0.3) is 0 Å². The van der Waals surface area contributed by atoms with Crippen molar-refractivity contribution in [2.45, 2.75) is 20.8 Å². The van der Waals surface area contributed by atoms with Gasteiger partial charge in [-0.2, -0.15) is 0 Å². The maximum atomic E-state index is 5.48. The first-order valence-electron chi connectivity index (χ1n) is 5.53. The second-order valence-electron chi connectivity index (χ2n) is 3.75. The quantitative estimate of drug-likeness (QED) is 0.533. The van der Waals surface area contributed by atoms with E-state index in [1.54, 1.807) is 0 Å². The molecule has 0 unspecified atom stereocenters. The molecule has 0 bridgehead atoms. The Morgan fingerprint density at radius 1 is 1.06 bits per heavy atom. The van der Waals surface area contributed by atoms with Gasteiger partial charge >= 0.3 is 7.12 Å². The van der Waals surface area contributed by atoms with Gasteiger partial charge in [0.05, 0.1) is 13.2 Å². The number of hydrogen-bond acceptors (Lipinski definition) is 2. The van der Waals surface area contributed by atoms with Gasteiger partial charge in [-0.15, -0.1) is 0 Å². The first kappa shape index (κ1) is 13.0. The fourth-order valence-electron chi connectivity index (χ4n) is 1.58. The second kappa shape index (κ2) is 5.87. The van der Waals surface area contributed by atoms with Crippen LogP contribution in [-0.2, 0) is 9.31 Å². The molecule has 0 spiro atoms. The highest BCUT2D eigenvalue weighted by molar-refractivity contribution is 6.55. The Morgan fingerprint density at radius 2 is 1.62 bits per heavy atom. The van der Waals surface area contributed by atoms with Crippen LogP contribution >= 0.6 is 0 Å². The molecule has 0 radical (unpaired) electrons. The molecule has 0 atom stereocenters. The Labute approximate surface area is 98.5 Å². The summed E-state index contributed by atoms with van der Waals surface area (Å²) in [4.78, 5) is 0. The molecule has 0 N–H and O–H groups in total. The van der Waals surface area contributed by atoms with Gasteiger partial charge in [0.15, 0.2) is 0 Å². The summed E-state index contributed by atoms with van der Waals surface area (Å²) in [6.45, 7) is 15.4. The van der Waals surface area contributed by atoms with E-state index in [2.05, 4.69) is 13.2 Å². The standard InChI is InChI=1S/C13H19BO2/c1-6-10(3)11(4)12(5)13(7-2)14-15-8-9-16-14/h6-7H,4-5,8-9H2,1-3H3. The summed E-state index contributed by atoms with van der Waals surface area (Å²) >= 11 is 0. The number of hydrogen-bond donors (Lipinski definition) is 0. The minimum absolute atomic E-state index is 0.279. The molecule has 1 rings (SSSR count). The van der Waals surface area contributed by atoms with Crippen molar-refractivity contribution in [3.63, 3.8) is 0 Å². The van der Waals surface area contributed by atoms with Crippen molar-refractivity contribution >= 4 is 7.12 Å². The normalized spacial score (nSPS) is 17.8. The van der Waals surface area contributed by atoms with Gasteiger partial charge in [0.1, 0.15) is 0 Å². The highest BCUT2D eigenvalue weighted by atomic mass is 16.6. The van der Waals surface area contributed by atoms with Crippen LogP contribution in [0.3, 0.4) is 0 Å². The molecular weight excluding hydrogens is 199 g/mol. The second-order valence-corrected chi connectivity index (χ2v) is 3.75. The fourth-order valence-corrected chi connectivity index (χ4v) is 1.58. The van der Waals surface area contributed by atoms with E-state index >= 15 is 0 Å². The first-order valence-corrected chi connectivity index (χ1v) is 5.53. The maximum absolute atomic E-state index is 5.48. The Kier molecular flexibility index (Phi) is 4.78. The Morgan fingerprint density at radius 3 is 2.06 bits per heavy atom. The molecule has 1 saturated heterocycles. The van der Waals surface area contributed by atoms with E-state index in [9.17, 15) is 0 Å². The Bertz CT molecular complexity index is 347. The van der Waals surface area contributed by atoms with Crippen LogP contribution in [0.25, 0.3) is 0 Å². The molecule has 86 valence electrons. The van der Waals surface area contributed by atoms with Crippen molar-refractivity contribution in [3.05, 3.63) is 47.5 Å².